The number of hydrogen-bond donors (Lipinski definition) is 1. The Morgan fingerprint density at radius 3 is 2.41 bits per heavy atom. The molecule has 0 fully saturated rings. The van der Waals surface area contributed by atoms with E-state index in [1.54, 1.807) is 18.2 Å². The lowest BCUT2D eigenvalue weighted by Gasteiger charge is -2.05. The first-order valence-electron chi connectivity index (χ1n) is 5.26. The Bertz CT molecular complexity index is 577. The molecular weight excluding hydrogens is 210 g/mol. The molecule has 2 nitrogen and oxygen atoms in total. The zero-order valence-electron chi connectivity index (χ0n) is 9.17. The van der Waals surface area contributed by atoms with Crippen LogP contribution in [0.25, 0.3) is 17.2 Å². The number of hydrogen-bond acceptors (Lipinski definition) is 2. The van der Waals surface area contributed by atoms with Crippen LogP contribution in [0.1, 0.15) is 5.56 Å². The standard InChI is InChI=1S/C15H11NO/c16-11-3-5-12-4-1-2-6-15(12)13-7-9-14(17)10-8-13/h1-10,17H. The highest BCUT2D eigenvalue weighted by Gasteiger charge is 2.01. The summed E-state index contributed by atoms with van der Waals surface area (Å²) in [4.78, 5) is 0. The minimum atomic E-state index is 0.249. The lowest BCUT2D eigenvalue weighted by Crippen LogP contribution is -1.82. The number of phenols is 1. The van der Waals surface area contributed by atoms with Crippen LogP contribution in [0.2, 0.25) is 0 Å². The van der Waals surface area contributed by atoms with E-state index in [1.165, 1.54) is 6.08 Å². The van der Waals surface area contributed by atoms with Gasteiger partial charge in [0.1, 0.15) is 5.75 Å². The smallest absolute Gasteiger partial charge is 0.115 e. The molecule has 82 valence electrons. The van der Waals surface area contributed by atoms with E-state index in [2.05, 4.69) is 0 Å². The fourth-order valence-corrected chi connectivity index (χ4v) is 1.67. The molecule has 1 N–H and O–H groups in total. The molecule has 0 amide bonds. The van der Waals surface area contributed by atoms with Crippen LogP contribution in [-0.2, 0) is 0 Å². The number of nitrogens with zero attached hydrogens (tertiary/aromatic N) is 1. The first-order valence-corrected chi connectivity index (χ1v) is 5.26. The van der Waals surface area contributed by atoms with Crippen LogP contribution in [0.5, 0.6) is 5.75 Å². The molecule has 0 saturated carbocycles. The summed E-state index contributed by atoms with van der Waals surface area (Å²) in [6, 6.07) is 16.8. The first-order chi connectivity index (χ1) is 8.31. The van der Waals surface area contributed by atoms with E-state index in [-0.39, 0.29) is 5.75 Å². The molecule has 2 heteroatoms. The number of benzene rings is 2. The molecule has 0 radical (unpaired) electrons. The Morgan fingerprint density at radius 2 is 1.71 bits per heavy atom. The molecule has 0 bridgehead atoms. The van der Waals surface area contributed by atoms with Gasteiger partial charge < -0.3 is 5.11 Å². The molecule has 0 spiro atoms. The molecule has 0 aromatic heterocycles. The highest BCUT2D eigenvalue weighted by Crippen LogP contribution is 2.26. The summed E-state index contributed by atoms with van der Waals surface area (Å²) in [5.41, 5.74) is 3.04. The van der Waals surface area contributed by atoms with E-state index >= 15 is 0 Å². The lowest BCUT2D eigenvalue weighted by atomic mass is 9.99. The maximum atomic E-state index is 9.26. The van der Waals surface area contributed by atoms with Gasteiger partial charge in [-0.3, -0.25) is 0 Å². The van der Waals surface area contributed by atoms with E-state index in [0.717, 1.165) is 16.7 Å². The minimum absolute atomic E-state index is 0.249. The second-order valence-corrected chi connectivity index (χ2v) is 3.60. The third-order valence-electron chi connectivity index (χ3n) is 2.48. The van der Waals surface area contributed by atoms with Crippen molar-refractivity contribution in [2.24, 2.45) is 0 Å². The maximum absolute atomic E-state index is 9.26. The van der Waals surface area contributed by atoms with Crippen molar-refractivity contribution in [3.05, 3.63) is 60.2 Å². The van der Waals surface area contributed by atoms with Crippen molar-refractivity contribution in [2.75, 3.05) is 0 Å². The Labute approximate surface area is 100 Å². The monoisotopic (exact) mass is 221 g/mol. The van der Waals surface area contributed by atoms with Crippen molar-refractivity contribution >= 4 is 6.08 Å². The van der Waals surface area contributed by atoms with Crippen LogP contribution in [0.4, 0.5) is 0 Å². The number of phenolic OH excluding ortho intramolecular Hbond substituents is 1. The molecule has 0 aliphatic heterocycles. The normalized spacial score (nSPS) is 10.3. The van der Waals surface area contributed by atoms with Crippen LogP contribution in [0.3, 0.4) is 0 Å². The Kier molecular flexibility index (Phi) is 3.23. The average Bonchev–Trinajstić information content (AvgIpc) is 2.38. The van der Waals surface area contributed by atoms with Crippen LogP contribution < -0.4 is 0 Å². The second kappa shape index (κ2) is 5.00. The SMILES string of the molecule is N#CC=Cc1ccccc1-c1ccc(O)cc1. The molecule has 2 rings (SSSR count). The molecular formula is C15H11NO. The molecule has 2 aromatic rings. The summed E-state index contributed by atoms with van der Waals surface area (Å²) in [6.07, 6.45) is 3.24. The van der Waals surface area contributed by atoms with Crippen molar-refractivity contribution in [3.63, 3.8) is 0 Å². The van der Waals surface area contributed by atoms with E-state index in [0.29, 0.717) is 0 Å². The van der Waals surface area contributed by atoms with Crippen molar-refractivity contribution in [3.8, 4) is 22.9 Å². The van der Waals surface area contributed by atoms with E-state index in [4.69, 9.17) is 5.26 Å². The van der Waals surface area contributed by atoms with Gasteiger partial charge in [0.25, 0.3) is 0 Å². The lowest BCUT2D eigenvalue weighted by molar-refractivity contribution is 0.475. The molecule has 0 aliphatic rings. The van der Waals surface area contributed by atoms with Gasteiger partial charge in [0.2, 0.25) is 0 Å². The van der Waals surface area contributed by atoms with Crippen LogP contribution >= 0.6 is 0 Å². The Hall–Kier alpha value is -2.53. The van der Waals surface area contributed by atoms with Crippen LogP contribution in [0, 0.1) is 11.3 Å². The van der Waals surface area contributed by atoms with Gasteiger partial charge in [0.15, 0.2) is 0 Å². The Morgan fingerprint density at radius 1 is 1.00 bits per heavy atom. The predicted octanol–water partition coefficient (Wildman–Crippen LogP) is 3.60. The molecule has 17 heavy (non-hydrogen) atoms. The zero-order valence-corrected chi connectivity index (χ0v) is 9.17. The van der Waals surface area contributed by atoms with Gasteiger partial charge in [0, 0.05) is 6.08 Å². The number of allylic oxidation sites excluding steroid dienone is 1. The molecule has 0 heterocycles. The third-order valence-corrected chi connectivity index (χ3v) is 2.48. The summed E-state index contributed by atoms with van der Waals surface area (Å²) in [5, 5.41) is 17.8. The topological polar surface area (TPSA) is 44.0 Å². The van der Waals surface area contributed by atoms with Crippen molar-refractivity contribution in [2.45, 2.75) is 0 Å². The number of aromatic hydroxyl groups is 1. The van der Waals surface area contributed by atoms with E-state index in [1.807, 2.05) is 42.5 Å². The van der Waals surface area contributed by atoms with E-state index < -0.39 is 0 Å². The van der Waals surface area contributed by atoms with Gasteiger partial charge in [-0.05, 0) is 34.9 Å². The highest BCUT2D eigenvalue weighted by molar-refractivity contribution is 5.75. The molecule has 0 saturated heterocycles. The predicted molar refractivity (Wildman–Crippen MR) is 68.2 cm³/mol. The first kappa shape index (κ1) is 11.0. The summed E-state index contributed by atoms with van der Waals surface area (Å²) < 4.78 is 0. The van der Waals surface area contributed by atoms with Crippen molar-refractivity contribution in [1.29, 1.82) is 5.26 Å². The summed E-state index contributed by atoms with van der Waals surface area (Å²) in [7, 11) is 0. The maximum Gasteiger partial charge on any atom is 0.115 e. The van der Waals surface area contributed by atoms with Crippen molar-refractivity contribution < 1.29 is 5.11 Å². The average molecular weight is 221 g/mol. The summed E-state index contributed by atoms with van der Waals surface area (Å²) in [5.74, 6) is 0.249. The fraction of sp³-hybridized carbons (Fsp3) is 0. The largest absolute Gasteiger partial charge is 0.508 e. The molecule has 0 atom stereocenters. The van der Waals surface area contributed by atoms with Crippen LogP contribution in [0.15, 0.2) is 54.6 Å². The second-order valence-electron chi connectivity index (χ2n) is 3.60. The van der Waals surface area contributed by atoms with Gasteiger partial charge >= 0.3 is 0 Å². The van der Waals surface area contributed by atoms with Gasteiger partial charge in [-0.15, -0.1) is 0 Å². The van der Waals surface area contributed by atoms with Gasteiger partial charge in [-0.2, -0.15) is 5.26 Å². The molecule has 2 aromatic carbocycles. The van der Waals surface area contributed by atoms with Gasteiger partial charge in [0.05, 0.1) is 6.07 Å². The highest BCUT2D eigenvalue weighted by atomic mass is 16.3. The number of rotatable bonds is 2. The Balaban J connectivity index is 2.48. The van der Waals surface area contributed by atoms with E-state index in [9.17, 15) is 5.11 Å². The minimum Gasteiger partial charge on any atom is -0.508 e. The van der Waals surface area contributed by atoms with Gasteiger partial charge in [-0.25, -0.2) is 0 Å². The molecule has 0 unspecified atom stereocenters. The fourth-order valence-electron chi connectivity index (χ4n) is 1.67. The quantitative estimate of drug-likeness (QED) is 0.787. The molecule has 0 aliphatic carbocycles. The third kappa shape index (κ3) is 2.53. The summed E-state index contributed by atoms with van der Waals surface area (Å²) in [6.45, 7) is 0. The zero-order chi connectivity index (χ0) is 12.1. The summed E-state index contributed by atoms with van der Waals surface area (Å²) >= 11 is 0. The van der Waals surface area contributed by atoms with Crippen molar-refractivity contribution in [1.82, 2.24) is 0 Å². The van der Waals surface area contributed by atoms with Gasteiger partial charge in [-0.1, -0.05) is 36.4 Å². The number of nitriles is 1. The van der Waals surface area contributed by atoms with Crippen LogP contribution in [-0.4, -0.2) is 5.11 Å².